The Balaban J connectivity index is 2.26. The molecule has 0 saturated heterocycles. The van der Waals surface area contributed by atoms with Gasteiger partial charge in [-0.1, -0.05) is 6.92 Å². The molecule has 5 heteroatoms. The Morgan fingerprint density at radius 1 is 1.67 bits per heavy atom. The van der Waals surface area contributed by atoms with Crippen molar-refractivity contribution in [3.63, 3.8) is 0 Å². The van der Waals surface area contributed by atoms with Gasteiger partial charge in [-0.2, -0.15) is 5.10 Å². The number of aliphatic carboxylic acids is 1. The van der Waals surface area contributed by atoms with Crippen LogP contribution in [0.4, 0.5) is 0 Å². The molecule has 0 aromatic carbocycles. The molecule has 0 aliphatic rings. The molecule has 15 heavy (non-hydrogen) atoms. The Morgan fingerprint density at radius 3 is 3.13 bits per heavy atom. The first-order valence-electron chi connectivity index (χ1n) is 4.67. The Labute approximate surface area is 86.4 Å². The van der Waals surface area contributed by atoms with E-state index in [9.17, 15) is 4.79 Å². The summed E-state index contributed by atoms with van der Waals surface area (Å²) in [6.07, 6.45) is 5.49. The quantitative estimate of drug-likeness (QED) is 0.811. The second-order valence-corrected chi connectivity index (χ2v) is 3.57. The zero-order valence-electron chi connectivity index (χ0n) is 8.29. The largest absolute Gasteiger partial charge is 0.481 e. The van der Waals surface area contributed by atoms with Crippen molar-refractivity contribution in [2.24, 2.45) is 5.92 Å². The lowest BCUT2D eigenvalue weighted by Crippen LogP contribution is -2.11. The van der Waals surface area contributed by atoms with Crippen LogP contribution in [0.15, 0.2) is 24.8 Å². The summed E-state index contributed by atoms with van der Waals surface area (Å²) in [5.74, 6) is -1.16. The minimum Gasteiger partial charge on any atom is -0.481 e. The second kappa shape index (κ2) is 3.68. The molecule has 0 saturated carbocycles. The highest BCUT2D eigenvalue weighted by Gasteiger charge is 2.12. The van der Waals surface area contributed by atoms with Crippen molar-refractivity contribution in [2.45, 2.75) is 13.3 Å². The fraction of sp³-hybridized carbons (Fsp3) is 0.300. The van der Waals surface area contributed by atoms with Gasteiger partial charge in [0.25, 0.3) is 0 Å². The van der Waals surface area contributed by atoms with Crippen molar-refractivity contribution in [1.82, 2.24) is 14.6 Å². The van der Waals surface area contributed by atoms with Crippen molar-refractivity contribution >= 4 is 11.5 Å². The first-order chi connectivity index (χ1) is 7.16. The molecule has 78 valence electrons. The maximum atomic E-state index is 10.7. The lowest BCUT2D eigenvalue weighted by molar-refractivity contribution is -0.141. The first-order valence-corrected chi connectivity index (χ1v) is 4.67. The van der Waals surface area contributed by atoms with Crippen molar-refractivity contribution in [3.8, 4) is 0 Å². The van der Waals surface area contributed by atoms with Crippen LogP contribution < -0.4 is 0 Å². The van der Waals surface area contributed by atoms with E-state index in [1.165, 1.54) is 6.33 Å². The molecule has 0 amide bonds. The minimum absolute atomic E-state index is 0.379. The molecule has 0 spiro atoms. The Hall–Kier alpha value is -1.91. The van der Waals surface area contributed by atoms with Crippen molar-refractivity contribution < 1.29 is 9.90 Å². The maximum absolute atomic E-state index is 10.7. The average Bonchev–Trinajstić information content (AvgIpc) is 2.59. The summed E-state index contributed by atoms with van der Waals surface area (Å²) in [7, 11) is 0. The van der Waals surface area contributed by atoms with Crippen LogP contribution in [-0.2, 0) is 11.2 Å². The van der Waals surface area contributed by atoms with Gasteiger partial charge in [-0.25, -0.2) is 9.50 Å². The molecule has 0 radical (unpaired) electrons. The molecule has 5 nitrogen and oxygen atoms in total. The van der Waals surface area contributed by atoms with E-state index in [0.29, 0.717) is 6.42 Å². The van der Waals surface area contributed by atoms with Gasteiger partial charge >= 0.3 is 5.97 Å². The number of nitrogens with zero attached hydrogens (tertiary/aromatic N) is 3. The normalized spacial score (nSPS) is 12.9. The molecule has 0 aliphatic carbocycles. The third kappa shape index (κ3) is 1.96. The standard InChI is InChI=1S/C10H11N3O2/c1-7(10(14)15)2-8-3-9-4-11-6-12-13(9)5-8/h3-7H,2H2,1H3,(H,14,15). The van der Waals surface area contributed by atoms with Gasteiger partial charge in [0, 0.05) is 6.20 Å². The number of rotatable bonds is 3. The highest BCUT2D eigenvalue weighted by molar-refractivity contribution is 5.70. The highest BCUT2D eigenvalue weighted by Crippen LogP contribution is 2.12. The van der Waals surface area contributed by atoms with E-state index < -0.39 is 5.97 Å². The zero-order valence-corrected chi connectivity index (χ0v) is 8.29. The van der Waals surface area contributed by atoms with Crippen LogP contribution in [0, 0.1) is 5.92 Å². The lowest BCUT2D eigenvalue weighted by atomic mass is 10.0. The maximum Gasteiger partial charge on any atom is 0.306 e. The number of carboxylic acid groups (broad SMARTS) is 1. The van der Waals surface area contributed by atoms with Crippen LogP contribution in [0.2, 0.25) is 0 Å². The minimum atomic E-state index is -0.781. The number of aromatic nitrogens is 3. The highest BCUT2D eigenvalue weighted by atomic mass is 16.4. The van der Waals surface area contributed by atoms with Crippen molar-refractivity contribution in [2.75, 3.05) is 0 Å². The van der Waals surface area contributed by atoms with Gasteiger partial charge in [-0.05, 0) is 18.1 Å². The molecule has 1 atom stereocenters. The van der Waals surface area contributed by atoms with Crippen molar-refractivity contribution in [3.05, 3.63) is 30.4 Å². The lowest BCUT2D eigenvalue weighted by Gasteiger charge is -2.02. The summed E-state index contributed by atoms with van der Waals surface area (Å²) in [5, 5.41) is 12.8. The number of carboxylic acids is 1. The molecular formula is C10H11N3O2. The smallest absolute Gasteiger partial charge is 0.306 e. The summed E-state index contributed by atoms with van der Waals surface area (Å²) in [4.78, 5) is 14.6. The number of fused-ring (bicyclic) bond motifs is 1. The molecule has 2 rings (SSSR count). The first kappa shape index (κ1) is 9.64. The van der Waals surface area contributed by atoms with Gasteiger partial charge in [0.15, 0.2) is 0 Å². The van der Waals surface area contributed by atoms with Crippen LogP contribution >= 0.6 is 0 Å². The zero-order chi connectivity index (χ0) is 10.8. The van der Waals surface area contributed by atoms with E-state index in [1.54, 1.807) is 17.6 Å². The summed E-state index contributed by atoms with van der Waals surface area (Å²) in [6, 6.07) is 1.90. The van der Waals surface area contributed by atoms with Gasteiger partial charge in [0.05, 0.1) is 17.6 Å². The molecule has 1 N–H and O–H groups in total. The van der Waals surface area contributed by atoms with Crippen LogP contribution in [0.1, 0.15) is 12.5 Å². The summed E-state index contributed by atoms with van der Waals surface area (Å²) in [5.41, 5.74) is 1.84. The van der Waals surface area contributed by atoms with E-state index in [2.05, 4.69) is 10.1 Å². The number of carbonyl (C=O) groups is 1. The van der Waals surface area contributed by atoms with Gasteiger partial charge < -0.3 is 5.11 Å². The molecule has 2 aromatic heterocycles. The molecule has 1 unspecified atom stereocenters. The van der Waals surface area contributed by atoms with Gasteiger partial charge in [0.2, 0.25) is 0 Å². The molecule has 2 heterocycles. The van der Waals surface area contributed by atoms with E-state index in [-0.39, 0.29) is 5.92 Å². The topological polar surface area (TPSA) is 67.5 Å². The molecule has 0 bridgehead atoms. The number of hydrogen-bond donors (Lipinski definition) is 1. The van der Waals surface area contributed by atoms with Crippen LogP contribution in [0.3, 0.4) is 0 Å². The van der Waals surface area contributed by atoms with E-state index in [1.807, 2.05) is 12.3 Å². The SMILES string of the molecule is CC(Cc1cc2cncnn2c1)C(=O)O. The predicted molar refractivity (Wildman–Crippen MR) is 53.5 cm³/mol. The fourth-order valence-corrected chi connectivity index (χ4v) is 1.47. The third-order valence-corrected chi connectivity index (χ3v) is 2.30. The summed E-state index contributed by atoms with van der Waals surface area (Å²) in [6.45, 7) is 1.69. The Bertz CT molecular complexity index is 459. The fourth-order valence-electron chi connectivity index (χ4n) is 1.47. The van der Waals surface area contributed by atoms with Crippen molar-refractivity contribution in [1.29, 1.82) is 0 Å². The summed E-state index contributed by atoms with van der Waals surface area (Å²) >= 11 is 0. The average molecular weight is 205 g/mol. The Kier molecular flexibility index (Phi) is 2.37. The van der Waals surface area contributed by atoms with E-state index >= 15 is 0 Å². The molecule has 2 aromatic rings. The monoisotopic (exact) mass is 205 g/mol. The van der Waals surface area contributed by atoms with Crippen LogP contribution in [-0.4, -0.2) is 25.7 Å². The molecule has 0 fully saturated rings. The van der Waals surface area contributed by atoms with Gasteiger partial charge in [-0.15, -0.1) is 0 Å². The van der Waals surface area contributed by atoms with Crippen LogP contribution in [0.5, 0.6) is 0 Å². The van der Waals surface area contributed by atoms with E-state index in [4.69, 9.17) is 5.11 Å². The summed E-state index contributed by atoms with van der Waals surface area (Å²) < 4.78 is 1.69. The molecule has 0 aliphatic heterocycles. The predicted octanol–water partition coefficient (Wildman–Crippen LogP) is 0.992. The molecular weight excluding hydrogens is 194 g/mol. The van der Waals surface area contributed by atoms with Crippen LogP contribution in [0.25, 0.3) is 5.52 Å². The second-order valence-electron chi connectivity index (χ2n) is 3.57. The third-order valence-electron chi connectivity index (χ3n) is 2.30. The number of hydrogen-bond acceptors (Lipinski definition) is 3. The van der Waals surface area contributed by atoms with E-state index in [0.717, 1.165) is 11.1 Å². The Morgan fingerprint density at radius 2 is 2.47 bits per heavy atom. The van der Waals surface area contributed by atoms with Gasteiger partial charge in [-0.3, -0.25) is 4.79 Å². The van der Waals surface area contributed by atoms with Gasteiger partial charge in [0.1, 0.15) is 6.33 Å².